The van der Waals surface area contributed by atoms with Crippen LogP contribution in [-0.4, -0.2) is 36.4 Å². The molecule has 0 aromatic carbocycles. The smallest absolute Gasteiger partial charge is 0.267 e. The Bertz CT molecular complexity index is 411. The zero-order chi connectivity index (χ0) is 13.7. The molecule has 0 aliphatic heterocycles. The maximum atomic E-state index is 10.9. The minimum absolute atomic E-state index is 0.279. The Morgan fingerprint density at radius 3 is 1.76 bits per heavy atom. The molecule has 0 spiro atoms. The Morgan fingerprint density at radius 1 is 0.941 bits per heavy atom. The van der Waals surface area contributed by atoms with Gasteiger partial charge in [-0.2, -0.15) is 16.8 Å². The maximum Gasteiger partial charge on any atom is 0.267 e. The van der Waals surface area contributed by atoms with Crippen molar-refractivity contribution in [1.29, 1.82) is 0 Å². The van der Waals surface area contributed by atoms with Crippen molar-refractivity contribution in [2.45, 2.75) is 56.5 Å². The average Bonchev–Trinajstić information content (AvgIpc) is 2.13. The Hall–Kier alpha value is -0.180. The molecule has 0 saturated heterocycles. The first-order valence-electron chi connectivity index (χ1n) is 5.51. The van der Waals surface area contributed by atoms with Crippen molar-refractivity contribution >= 4 is 20.2 Å². The molecule has 2 unspecified atom stereocenters. The zero-order valence-corrected chi connectivity index (χ0v) is 11.7. The lowest BCUT2D eigenvalue weighted by Crippen LogP contribution is -2.20. The van der Waals surface area contributed by atoms with Crippen molar-refractivity contribution in [3.63, 3.8) is 0 Å². The van der Waals surface area contributed by atoms with E-state index in [1.165, 1.54) is 6.92 Å². The van der Waals surface area contributed by atoms with Crippen LogP contribution in [0.2, 0.25) is 0 Å². The van der Waals surface area contributed by atoms with E-state index < -0.39 is 30.7 Å². The number of unbranched alkanes of at least 4 members (excludes halogenated alkanes) is 1. The van der Waals surface area contributed by atoms with Crippen LogP contribution in [0.1, 0.15) is 46.0 Å². The lowest BCUT2D eigenvalue weighted by molar-refractivity contribution is 0.447. The van der Waals surface area contributed by atoms with Crippen LogP contribution in [0.15, 0.2) is 0 Å². The Morgan fingerprint density at radius 2 is 1.41 bits per heavy atom. The second-order valence-electron chi connectivity index (χ2n) is 4.16. The van der Waals surface area contributed by atoms with E-state index >= 15 is 0 Å². The summed E-state index contributed by atoms with van der Waals surface area (Å²) in [4.78, 5) is 0. The van der Waals surface area contributed by atoms with Gasteiger partial charge in [0.15, 0.2) is 0 Å². The molecule has 0 saturated carbocycles. The monoisotopic (exact) mass is 288 g/mol. The summed E-state index contributed by atoms with van der Waals surface area (Å²) < 4.78 is 60.7. The molecule has 0 heterocycles. The van der Waals surface area contributed by atoms with E-state index in [2.05, 4.69) is 0 Å². The van der Waals surface area contributed by atoms with E-state index in [9.17, 15) is 16.8 Å². The summed E-state index contributed by atoms with van der Waals surface area (Å²) in [6.45, 7) is 3.06. The van der Waals surface area contributed by atoms with Gasteiger partial charge in [-0.3, -0.25) is 9.11 Å². The van der Waals surface area contributed by atoms with E-state index in [0.29, 0.717) is 25.7 Å². The van der Waals surface area contributed by atoms with Gasteiger partial charge in [-0.05, 0) is 26.2 Å². The van der Waals surface area contributed by atoms with E-state index in [4.69, 9.17) is 9.11 Å². The molecule has 0 fully saturated rings. The second kappa shape index (κ2) is 6.67. The van der Waals surface area contributed by atoms with Crippen molar-refractivity contribution in [1.82, 2.24) is 0 Å². The standard InChI is InChI=1S/C9H20O6S2/c1-3-9(17(13,14)15)7-5-4-6-8(2)16(10,11)12/h8-9H,3-7H2,1-2H3,(H,10,11,12)(H,13,14,15). The van der Waals surface area contributed by atoms with E-state index in [1.54, 1.807) is 6.92 Å². The van der Waals surface area contributed by atoms with Gasteiger partial charge in [0.25, 0.3) is 20.2 Å². The van der Waals surface area contributed by atoms with Crippen LogP contribution in [0.3, 0.4) is 0 Å². The third-order valence-corrected chi connectivity index (χ3v) is 5.44. The van der Waals surface area contributed by atoms with Crippen LogP contribution in [-0.2, 0) is 20.2 Å². The van der Waals surface area contributed by atoms with Crippen LogP contribution >= 0.6 is 0 Å². The Labute approximate surface area is 103 Å². The predicted octanol–water partition coefficient (Wildman–Crippen LogP) is 1.49. The molecule has 2 atom stereocenters. The fourth-order valence-electron chi connectivity index (χ4n) is 1.52. The first-order valence-corrected chi connectivity index (χ1v) is 8.52. The molecule has 0 aromatic heterocycles. The molecule has 0 bridgehead atoms. The van der Waals surface area contributed by atoms with E-state index in [1.807, 2.05) is 0 Å². The summed E-state index contributed by atoms with van der Waals surface area (Å²) >= 11 is 0. The molecule has 0 aliphatic rings. The third-order valence-electron chi connectivity index (χ3n) is 2.77. The number of rotatable bonds is 8. The molecule has 0 amide bonds. The minimum atomic E-state index is -4.01. The fourth-order valence-corrected chi connectivity index (χ4v) is 2.87. The SMILES string of the molecule is CCC(CCCCC(C)S(=O)(=O)O)S(=O)(=O)O. The van der Waals surface area contributed by atoms with Crippen molar-refractivity contribution < 1.29 is 25.9 Å². The lowest BCUT2D eigenvalue weighted by Gasteiger charge is -2.12. The first-order chi connectivity index (χ1) is 7.59. The van der Waals surface area contributed by atoms with Gasteiger partial charge in [0, 0.05) is 0 Å². The molecule has 104 valence electrons. The summed E-state index contributed by atoms with van der Waals surface area (Å²) in [5, 5.41) is -1.63. The average molecular weight is 288 g/mol. The van der Waals surface area contributed by atoms with Gasteiger partial charge in [0.05, 0.1) is 10.5 Å². The van der Waals surface area contributed by atoms with Crippen LogP contribution in [0, 0.1) is 0 Å². The van der Waals surface area contributed by atoms with Crippen LogP contribution in [0.4, 0.5) is 0 Å². The zero-order valence-electron chi connectivity index (χ0n) is 10.0. The maximum absolute atomic E-state index is 10.9. The van der Waals surface area contributed by atoms with Crippen LogP contribution in [0.5, 0.6) is 0 Å². The minimum Gasteiger partial charge on any atom is -0.285 e. The molecule has 0 aliphatic carbocycles. The molecule has 0 radical (unpaired) electrons. The van der Waals surface area contributed by atoms with Crippen molar-refractivity contribution in [2.24, 2.45) is 0 Å². The summed E-state index contributed by atoms with van der Waals surface area (Å²) in [7, 11) is -8.02. The third kappa shape index (κ3) is 6.97. The Kier molecular flexibility index (Phi) is 6.60. The lowest BCUT2D eigenvalue weighted by atomic mass is 10.1. The molecule has 8 heteroatoms. The number of hydrogen-bond acceptors (Lipinski definition) is 4. The fraction of sp³-hybridized carbons (Fsp3) is 1.00. The predicted molar refractivity (Wildman–Crippen MR) is 65.1 cm³/mol. The van der Waals surface area contributed by atoms with Crippen molar-refractivity contribution in [3.05, 3.63) is 0 Å². The van der Waals surface area contributed by atoms with Gasteiger partial charge in [0.1, 0.15) is 0 Å². The summed E-state index contributed by atoms with van der Waals surface area (Å²) in [5.41, 5.74) is 0. The van der Waals surface area contributed by atoms with Gasteiger partial charge < -0.3 is 0 Å². The highest BCUT2D eigenvalue weighted by atomic mass is 32.2. The Balaban J connectivity index is 4.01. The van der Waals surface area contributed by atoms with Gasteiger partial charge in [-0.15, -0.1) is 0 Å². The van der Waals surface area contributed by atoms with E-state index in [0.717, 1.165) is 0 Å². The quantitative estimate of drug-likeness (QED) is 0.517. The highest BCUT2D eigenvalue weighted by Gasteiger charge is 2.21. The van der Waals surface area contributed by atoms with Crippen molar-refractivity contribution in [3.8, 4) is 0 Å². The molecule has 17 heavy (non-hydrogen) atoms. The van der Waals surface area contributed by atoms with Gasteiger partial charge in [-0.25, -0.2) is 0 Å². The summed E-state index contributed by atoms with van der Waals surface area (Å²) in [6.07, 6.45) is 1.89. The topological polar surface area (TPSA) is 109 Å². The molecular weight excluding hydrogens is 268 g/mol. The van der Waals surface area contributed by atoms with Crippen LogP contribution < -0.4 is 0 Å². The van der Waals surface area contributed by atoms with Crippen molar-refractivity contribution in [2.75, 3.05) is 0 Å². The summed E-state index contributed by atoms with van der Waals surface area (Å²) in [5.74, 6) is 0. The van der Waals surface area contributed by atoms with Crippen LogP contribution in [0.25, 0.3) is 0 Å². The summed E-state index contributed by atoms with van der Waals surface area (Å²) in [6, 6.07) is 0. The second-order valence-corrected chi connectivity index (χ2v) is 7.69. The molecule has 0 aromatic rings. The van der Waals surface area contributed by atoms with Gasteiger partial charge in [-0.1, -0.05) is 19.8 Å². The molecule has 2 N–H and O–H groups in total. The first kappa shape index (κ1) is 16.8. The van der Waals surface area contributed by atoms with Gasteiger partial charge >= 0.3 is 0 Å². The number of hydrogen-bond donors (Lipinski definition) is 2. The van der Waals surface area contributed by atoms with E-state index in [-0.39, 0.29) is 6.42 Å². The largest absolute Gasteiger partial charge is 0.285 e. The molecular formula is C9H20O6S2. The normalized spacial score (nSPS) is 16.7. The molecule has 0 rings (SSSR count). The highest BCUT2D eigenvalue weighted by molar-refractivity contribution is 7.86. The van der Waals surface area contributed by atoms with Gasteiger partial charge in [0.2, 0.25) is 0 Å². The highest BCUT2D eigenvalue weighted by Crippen LogP contribution is 2.15. The molecule has 6 nitrogen and oxygen atoms in total.